The van der Waals surface area contributed by atoms with Gasteiger partial charge in [-0.3, -0.25) is 9.59 Å². The predicted molar refractivity (Wildman–Crippen MR) is 124 cm³/mol. The summed E-state index contributed by atoms with van der Waals surface area (Å²) in [5, 5.41) is 14.9. The van der Waals surface area contributed by atoms with E-state index in [0.29, 0.717) is 38.8 Å². The fourth-order valence-electron chi connectivity index (χ4n) is 2.82. The van der Waals surface area contributed by atoms with E-state index >= 15 is 0 Å². The van der Waals surface area contributed by atoms with Gasteiger partial charge in [0, 0.05) is 17.8 Å². The van der Waals surface area contributed by atoms with Crippen LogP contribution in [0.2, 0.25) is 10.0 Å². The zero-order chi connectivity index (χ0) is 23.3. The standard InChI is InChI=1S/C21H20Cl2FN5O2S/c1-3-29-18(10-25-20(31)13-5-7-15(22)16(23)8-13)27-28-21(29)32-11-19(30)26-17-9-14(24)6-4-12(17)2/h4-9H,3,10-11H2,1-2H3,(H,25,31)(H,26,30). The van der Waals surface area contributed by atoms with E-state index in [2.05, 4.69) is 20.8 Å². The lowest BCUT2D eigenvalue weighted by molar-refractivity contribution is -0.113. The zero-order valence-electron chi connectivity index (χ0n) is 17.3. The molecule has 0 bridgehead atoms. The molecular weight excluding hydrogens is 476 g/mol. The van der Waals surface area contributed by atoms with Crippen LogP contribution in [0.4, 0.5) is 10.1 Å². The Labute approximate surface area is 198 Å². The number of carbonyl (C=O) groups is 2. The fourth-order valence-corrected chi connectivity index (χ4v) is 3.94. The summed E-state index contributed by atoms with van der Waals surface area (Å²) in [4.78, 5) is 24.7. The molecule has 2 N–H and O–H groups in total. The molecule has 1 heterocycles. The maximum Gasteiger partial charge on any atom is 0.251 e. The Morgan fingerprint density at radius 3 is 2.62 bits per heavy atom. The first-order valence-corrected chi connectivity index (χ1v) is 11.4. The van der Waals surface area contributed by atoms with Gasteiger partial charge in [0.05, 0.1) is 22.3 Å². The Morgan fingerprint density at radius 1 is 1.12 bits per heavy atom. The van der Waals surface area contributed by atoms with E-state index in [1.807, 2.05) is 6.92 Å². The van der Waals surface area contributed by atoms with E-state index < -0.39 is 5.82 Å². The summed E-state index contributed by atoms with van der Waals surface area (Å²) in [6, 6.07) is 8.84. The van der Waals surface area contributed by atoms with E-state index in [-0.39, 0.29) is 24.1 Å². The minimum absolute atomic E-state index is 0.0731. The van der Waals surface area contributed by atoms with Gasteiger partial charge in [0.15, 0.2) is 11.0 Å². The first kappa shape index (κ1) is 24.0. The number of hydrogen-bond donors (Lipinski definition) is 2. The molecule has 7 nitrogen and oxygen atoms in total. The highest BCUT2D eigenvalue weighted by Gasteiger charge is 2.15. The van der Waals surface area contributed by atoms with Crippen LogP contribution in [0.15, 0.2) is 41.6 Å². The van der Waals surface area contributed by atoms with Gasteiger partial charge < -0.3 is 15.2 Å². The largest absolute Gasteiger partial charge is 0.345 e. The number of aryl methyl sites for hydroxylation is 1. The average Bonchev–Trinajstić information content (AvgIpc) is 3.16. The van der Waals surface area contributed by atoms with Gasteiger partial charge in [-0.25, -0.2) is 4.39 Å². The van der Waals surface area contributed by atoms with Gasteiger partial charge in [-0.15, -0.1) is 10.2 Å². The molecule has 32 heavy (non-hydrogen) atoms. The molecule has 0 atom stereocenters. The van der Waals surface area contributed by atoms with Crippen LogP contribution >= 0.6 is 35.0 Å². The highest BCUT2D eigenvalue weighted by molar-refractivity contribution is 7.99. The Balaban J connectivity index is 1.59. The van der Waals surface area contributed by atoms with E-state index in [1.165, 1.54) is 30.0 Å². The molecule has 2 aromatic carbocycles. The van der Waals surface area contributed by atoms with Crippen molar-refractivity contribution in [2.75, 3.05) is 11.1 Å². The van der Waals surface area contributed by atoms with E-state index in [4.69, 9.17) is 23.2 Å². The van der Waals surface area contributed by atoms with Crippen LogP contribution < -0.4 is 10.6 Å². The number of benzene rings is 2. The van der Waals surface area contributed by atoms with Crippen LogP contribution in [-0.4, -0.2) is 32.3 Å². The summed E-state index contributed by atoms with van der Waals surface area (Å²) >= 11 is 13.0. The molecule has 0 saturated carbocycles. The number of anilines is 1. The van der Waals surface area contributed by atoms with Gasteiger partial charge in [0.1, 0.15) is 5.82 Å². The lowest BCUT2D eigenvalue weighted by Crippen LogP contribution is -2.24. The number of nitrogens with one attached hydrogen (secondary N) is 2. The number of aromatic nitrogens is 3. The van der Waals surface area contributed by atoms with Crippen LogP contribution in [0.3, 0.4) is 0 Å². The maximum absolute atomic E-state index is 13.4. The second-order valence-corrected chi connectivity index (χ2v) is 8.51. The fraction of sp³-hybridized carbons (Fsp3) is 0.238. The number of hydrogen-bond acceptors (Lipinski definition) is 5. The predicted octanol–water partition coefficient (Wildman–Crippen LogP) is 4.71. The minimum Gasteiger partial charge on any atom is -0.345 e. The summed E-state index contributed by atoms with van der Waals surface area (Å²) in [5.41, 5.74) is 1.57. The normalized spacial score (nSPS) is 10.8. The monoisotopic (exact) mass is 495 g/mol. The molecule has 3 rings (SSSR count). The van der Waals surface area contributed by atoms with Crippen molar-refractivity contribution in [3.8, 4) is 0 Å². The van der Waals surface area contributed by atoms with Crippen molar-refractivity contribution in [2.24, 2.45) is 0 Å². The molecule has 0 aliphatic carbocycles. The quantitative estimate of drug-likeness (QED) is 0.441. The lowest BCUT2D eigenvalue weighted by atomic mass is 10.2. The SMILES string of the molecule is CCn1c(CNC(=O)c2ccc(Cl)c(Cl)c2)nnc1SCC(=O)Nc1cc(F)ccc1C. The van der Waals surface area contributed by atoms with Gasteiger partial charge in [-0.05, 0) is 49.7 Å². The zero-order valence-corrected chi connectivity index (χ0v) is 19.6. The maximum atomic E-state index is 13.4. The van der Waals surface area contributed by atoms with Gasteiger partial charge in [0.25, 0.3) is 5.91 Å². The number of halogens is 3. The molecule has 0 fully saturated rings. The van der Waals surface area contributed by atoms with Gasteiger partial charge in [-0.2, -0.15) is 0 Å². The highest BCUT2D eigenvalue weighted by atomic mass is 35.5. The van der Waals surface area contributed by atoms with Crippen LogP contribution in [0.1, 0.15) is 28.7 Å². The Morgan fingerprint density at radius 2 is 1.91 bits per heavy atom. The number of thioether (sulfide) groups is 1. The third kappa shape index (κ3) is 5.99. The van der Waals surface area contributed by atoms with Crippen molar-refractivity contribution < 1.29 is 14.0 Å². The van der Waals surface area contributed by atoms with Crippen molar-refractivity contribution >= 4 is 52.5 Å². The lowest BCUT2D eigenvalue weighted by Gasteiger charge is -2.10. The first-order chi connectivity index (χ1) is 15.3. The van der Waals surface area contributed by atoms with Crippen molar-refractivity contribution in [3.63, 3.8) is 0 Å². The summed E-state index contributed by atoms with van der Waals surface area (Å²) in [5.74, 6) is -0.414. The molecule has 2 amide bonds. The molecule has 0 saturated heterocycles. The number of rotatable bonds is 8. The van der Waals surface area contributed by atoms with Gasteiger partial charge >= 0.3 is 0 Å². The molecule has 3 aromatic rings. The van der Waals surface area contributed by atoms with Gasteiger partial charge in [0.2, 0.25) is 5.91 Å². The molecule has 0 radical (unpaired) electrons. The van der Waals surface area contributed by atoms with Crippen LogP contribution in [0.25, 0.3) is 0 Å². The second kappa shape index (κ2) is 10.8. The molecule has 168 valence electrons. The first-order valence-electron chi connectivity index (χ1n) is 9.62. The van der Waals surface area contributed by atoms with Gasteiger partial charge in [-0.1, -0.05) is 41.0 Å². The molecule has 11 heteroatoms. The van der Waals surface area contributed by atoms with Crippen molar-refractivity contribution in [2.45, 2.75) is 32.1 Å². The van der Waals surface area contributed by atoms with Crippen LogP contribution in [-0.2, 0) is 17.9 Å². The molecule has 0 unspecified atom stereocenters. The third-order valence-corrected chi connectivity index (χ3v) is 6.21. The summed E-state index contributed by atoms with van der Waals surface area (Å²) in [6.07, 6.45) is 0. The second-order valence-electron chi connectivity index (χ2n) is 6.75. The van der Waals surface area contributed by atoms with E-state index in [9.17, 15) is 14.0 Å². The smallest absolute Gasteiger partial charge is 0.251 e. The summed E-state index contributed by atoms with van der Waals surface area (Å²) in [7, 11) is 0. The minimum atomic E-state index is -0.420. The Hall–Kier alpha value is -2.62. The molecular formula is C21H20Cl2FN5O2S. The van der Waals surface area contributed by atoms with E-state index in [1.54, 1.807) is 29.7 Å². The van der Waals surface area contributed by atoms with Crippen LogP contribution in [0, 0.1) is 12.7 Å². The molecule has 0 spiro atoms. The molecule has 0 aliphatic heterocycles. The number of nitrogens with zero attached hydrogens (tertiary/aromatic N) is 3. The van der Waals surface area contributed by atoms with Crippen molar-refractivity contribution in [1.82, 2.24) is 20.1 Å². The molecule has 0 aliphatic rings. The molecule has 1 aromatic heterocycles. The summed E-state index contributed by atoms with van der Waals surface area (Å²) in [6.45, 7) is 4.40. The van der Waals surface area contributed by atoms with E-state index in [0.717, 1.165) is 5.56 Å². The summed E-state index contributed by atoms with van der Waals surface area (Å²) < 4.78 is 15.2. The van der Waals surface area contributed by atoms with Crippen molar-refractivity contribution in [1.29, 1.82) is 0 Å². The van der Waals surface area contributed by atoms with Crippen molar-refractivity contribution in [3.05, 3.63) is 69.2 Å². The van der Waals surface area contributed by atoms with Crippen LogP contribution in [0.5, 0.6) is 0 Å². The highest BCUT2D eigenvalue weighted by Crippen LogP contribution is 2.23. The Kier molecular flexibility index (Phi) is 8.11. The number of carbonyl (C=O) groups excluding carboxylic acids is 2. The number of amides is 2. The average molecular weight is 496 g/mol. The Bertz CT molecular complexity index is 1160. The topological polar surface area (TPSA) is 88.9 Å². The third-order valence-electron chi connectivity index (χ3n) is 4.50.